The summed E-state index contributed by atoms with van der Waals surface area (Å²) in [6.45, 7) is 5.07. The zero-order valence-electron chi connectivity index (χ0n) is 25.0. The van der Waals surface area contributed by atoms with E-state index in [0.717, 1.165) is 60.2 Å². The minimum atomic E-state index is -0.719. The average Bonchev–Trinajstić information content (AvgIpc) is 2.98. The molecule has 2 aromatic carbocycles. The lowest BCUT2D eigenvalue weighted by atomic mass is 9.90. The molecular formula is C33H47N2O4S+. The lowest BCUT2D eigenvalue weighted by Crippen LogP contribution is -2.58. The second-order valence-electron chi connectivity index (χ2n) is 11.2. The fourth-order valence-corrected chi connectivity index (χ4v) is 6.34. The number of esters is 1. The highest BCUT2D eigenvalue weighted by Gasteiger charge is 2.40. The zero-order chi connectivity index (χ0) is 29.1. The summed E-state index contributed by atoms with van der Waals surface area (Å²) in [5.74, 6) is 0.199. The molecule has 1 aliphatic carbocycles. The van der Waals surface area contributed by atoms with Crippen LogP contribution in [0.5, 0.6) is 0 Å². The third kappa shape index (κ3) is 7.97. The molecule has 2 amide bonds. The largest absolute Gasteiger partial charge is 0.467 e. The second kappa shape index (κ2) is 15.4. The van der Waals surface area contributed by atoms with Crippen molar-refractivity contribution < 1.29 is 23.6 Å². The Kier molecular flexibility index (Phi) is 12.3. The summed E-state index contributed by atoms with van der Waals surface area (Å²) in [5, 5.41) is 2.90. The van der Waals surface area contributed by atoms with Crippen molar-refractivity contribution in [3.05, 3.63) is 59.2 Å². The fraction of sp³-hybridized carbons (Fsp3) is 0.545. The Morgan fingerprint density at radius 2 is 1.80 bits per heavy atom. The van der Waals surface area contributed by atoms with Crippen LogP contribution in [0.2, 0.25) is 0 Å². The third-order valence-electron chi connectivity index (χ3n) is 8.45. The number of aryl methyl sites for hydroxylation is 1. The van der Waals surface area contributed by atoms with E-state index >= 15 is 0 Å². The molecule has 2 atom stereocenters. The van der Waals surface area contributed by atoms with Crippen molar-refractivity contribution in [2.24, 2.45) is 0 Å². The van der Waals surface area contributed by atoms with Crippen molar-refractivity contribution >= 4 is 29.5 Å². The molecular weight excluding hydrogens is 520 g/mol. The van der Waals surface area contributed by atoms with Crippen molar-refractivity contribution in [3.8, 4) is 11.1 Å². The Bertz CT molecular complexity index is 1160. The topological polar surface area (TPSA) is 72.5 Å². The molecule has 1 N–H and O–H groups in total. The maximum Gasteiger partial charge on any atom is 0.328 e. The summed E-state index contributed by atoms with van der Waals surface area (Å²) in [6.07, 6.45) is 10.8. The predicted molar refractivity (Wildman–Crippen MR) is 164 cm³/mol. The molecule has 0 aliphatic heterocycles. The second-order valence-corrected chi connectivity index (χ2v) is 12.2. The summed E-state index contributed by atoms with van der Waals surface area (Å²) >= 11 is 1.61. The number of hydrogen-bond acceptors (Lipinski definition) is 5. The number of carbonyl (C=O) groups excluding carboxylic acids is 3. The first-order valence-electron chi connectivity index (χ1n) is 14.7. The molecule has 0 bridgehead atoms. The zero-order valence-corrected chi connectivity index (χ0v) is 25.8. The number of ether oxygens (including phenoxy) is 1. The number of rotatable bonds is 13. The van der Waals surface area contributed by atoms with Crippen molar-refractivity contribution in [1.29, 1.82) is 0 Å². The van der Waals surface area contributed by atoms with Crippen LogP contribution in [0.25, 0.3) is 11.1 Å². The standard InChI is InChI=1S/C33H46N2O4S/c1-6-7-20-35(3,26-14-9-8-10-15-26)31(36)23-25-17-18-28(29(22-25)27-16-12-11-13-24(27)2)32(37)34-30(19-21-40-5)33(38)39-4/h11-13,16-18,22,26,30H,6-10,14-15,19-21,23H2,1-5H3/p+1/t30-,35?/m0/s1. The lowest BCUT2D eigenvalue weighted by Gasteiger charge is -2.41. The number of amides is 2. The van der Waals surface area contributed by atoms with E-state index in [4.69, 9.17) is 4.74 Å². The maximum absolute atomic E-state index is 14.0. The maximum atomic E-state index is 14.0. The van der Waals surface area contributed by atoms with Crippen LogP contribution in [0.1, 0.15) is 79.8 Å². The van der Waals surface area contributed by atoms with Crippen LogP contribution in [-0.4, -0.2) is 67.1 Å². The minimum Gasteiger partial charge on any atom is -0.467 e. The van der Waals surface area contributed by atoms with Crippen LogP contribution in [0.15, 0.2) is 42.5 Å². The first-order valence-corrected chi connectivity index (χ1v) is 16.1. The monoisotopic (exact) mass is 567 g/mol. The average molecular weight is 568 g/mol. The Morgan fingerprint density at radius 3 is 2.45 bits per heavy atom. The molecule has 1 saturated carbocycles. The smallest absolute Gasteiger partial charge is 0.328 e. The van der Waals surface area contributed by atoms with Gasteiger partial charge in [0.05, 0.1) is 33.2 Å². The Hall–Kier alpha value is -2.64. The Morgan fingerprint density at radius 1 is 1.07 bits per heavy atom. The highest BCUT2D eigenvalue weighted by atomic mass is 32.2. The number of nitrogens with one attached hydrogen (secondary N) is 1. The molecule has 1 unspecified atom stereocenters. The van der Waals surface area contributed by atoms with Gasteiger partial charge < -0.3 is 10.1 Å². The number of thioether (sulfide) groups is 1. The quantitative estimate of drug-likeness (QED) is 0.226. The summed E-state index contributed by atoms with van der Waals surface area (Å²) in [7, 11) is 3.48. The van der Waals surface area contributed by atoms with E-state index in [1.807, 2.05) is 49.6 Å². The van der Waals surface area contributed by atoms with Crippen molar-refractivity contribution in [3.63, 3.8) is 0 Å². The van der Waals surface area contributed by atoms with Crippen LogP contribution in [-0.2, 0) is 20.7 Å². The Balaban J connectivity index is 1.96. The molecule has 0 aromatic heterocycles. The van der Waals surface area contributed by atoms with Gasteiger partial charge in [0.25, 0.3) is 5.91 Å². The van der Waals surface area contributed by atoms with Gasteiger partial charge in [-0.15, -0.1) is 0 Å². The highest BCUT2D eigenvalue weighted by Crippen LogP contribution is 2.31. The van der Waals surface area contributed by atoms with Crippen LogP contribution in [0, 0.1) is 6.92 Å². The molecule has 40 heavy (non-hydrogen) atoms. The van der Waals surface area contributed by atoms with Crippen molar-refractivity contribution in [2.45, 2.75) is 83.7 Å². The van der Waals surface area contributed by atoms with E-state index in [0.29, 0.717) is 28.9 Å². The van der Waals surface area contributed by atoms with E-state index in [9.17, 15) is 14.4 Å². The molecule has 1 fully saturated rings. The van der Waals surface area contributed by atoms with Crippen LogP contribution in [0.4, 0.5) is 0 Å². The van der Waals surface area contributed by atoms with E-state index in [2.05, 4.69) is 19.3 Å². The number of unbranched alkanes of at least 4 members (excludes halogenated alkanes) is 1. The molecule has 218 valence electrons. The fourth-order valence-electron chi connectivity index (χ4n) is 5.86. The summed E-state index contributed by atoms with van der Waals surface area (Å²) < 4.78 is 5.44. The number of carbonyl (C=O) groups is 3. The predicted octanol–water partition coefficient (Wildman–Crippen LogP) is 6.34. The van der Waals surface area contributed by atoms with Crippen LogP contribution in [0.3, 0.4) is 0 Å². The van der Waals surface area contributed by atoms with Gasteiger partial charge in [0, 0.05) is 5.56 Å². The number of hydrogen-bond donors (Lipinski definition) is 1. The van der Waals surface area contributed by atoms with E-state index < -0.39 is 12.0 Å². The molecule has 7 heteroatoms. The summed E-state index contributed by atoms with van der Waals surface area (Å²) in [6, 6.07) is 13.3. The van der Waals surface area contributed by atoms with E-state index in [1.165, 1.54) is 26.4 Å². The molecule has 0 heterocycles. The molecule has 3 rings (SSSR count). The normalized spacial score (nSPS) is 16.1. The highest BCUT2D eigenvalue weighted by molar-refractivity contribution is 7.98. The van der Waals surface area contributed by atoms with Gasteiger partial charge in [-0.2, -0.15) is 11.8 Å². The number of quaternary nitrogens is 1. The number of methoxy groups -OCH3 is 1. The number of likely N-dealkylation sites (N-methyl/N-ethyl adjacent to an activating group) is 1. The molecule has 0 saturated heterocycles. The molecule has 6 nitrogen and oxygen atoms in total. The van der Waals surface area contributed by atoms with Gasteiger partial charge in [0.2, 0.25) is 0 Å². The van der Waals surface area contributed by atoms with Crippen molar-refractivity contribution in [1.82, 2.24) is 5.32 Å². The molecule has 0 spiro atoms. The minimum absolute atomic E-state index is 0.246. The van der Waals surface area contributed by atoms with Gasteiger partial charge in [0.1, 0.15) is 6.04 Å². The lowest BCUT2D eigenvalue weighted by molar-refractivity contribution is -0.862. The van der Waals surface area contributed by atoms with Gasteiger partial charge in [0.15, 0.2) is 0 Å². The first-order chi connectivity index (χ1) is 19.2. The Labute approximate surface area is 244 Å². The van der Waals surface area contributed by atoms with Gasteiger partial charge in [-0.25, -0.2) is 9.59 Å². The van der Waals surface area contributed by atoms with Gasteiger partial charge in [-0.1, -0.05) is 50.1 Å². The third-order valence-corrected chi connectivity index (χ3v) is 9.09. The first kappa shape index (κ1) is 31.9. The molecule has 1 aliphatic rings. The van der Waals surface area contributed by atoms with Crippen molar-refractivity contribution in [2.75, 3.05) is 32.7 Å². The van der Waals surface area contributed by atoms with E-state index in [-0.39, 0.29) is 11.8 Å². The summed E-state index contributed by atoms with van der Waals surface area (Å²) in [5.41, 5.74) is 4.14. The molecule has 2 aromatic rings. The van der Waals surface area contributed by atoms with Crippen LogP contribution >= 0.6 is 11.8 Å². The molecule has 0 radical (unpaired) electrons. The van der Waals surface area contributed by atoms with Crippen LogP contribution < -0.4 is 5.32 Å². The van der Waals surface area contributed by atoms with E-state index in [1.54, 1.807) is 17.8 Å². The SMILES string of the molecule is CCCC[N+](C)(C(=O)Cc1ccc(C(=O)N[C@@H](CCSC)C(=O)OC)c(-c2ccccc2C)c1)C1CCCCC1. The summed E-state index contributed by atoms with van der Waals surface area (Å²) in [4.78, 5) is 39.9. The van der Waals surface area contributed by atoms with Gasteiger partial charge in [-0.05, 0) is 91.8 Å². The van der Waals surface area contributed by atoms with Gasteiger partial charge >= 0.3 is 11.9 Å². The van der Waals surface area contributed by atoms with Gasteiger partial charge in [-0.3, -0.25) is 9.28 Å². The number of benzene rings is 2. The number of nitrogens with zero attached hydrogens (tertiary/aromatic N) is 1.